The third kappa shape index (κ3) is 6.03. The van der Waals surface area contributed by atoms with Crippen molar-refractivity contribution in [3.63, 3.8) is 0 Å². The average Bonchev–Trinajstić information content (AvgIpc) is 2.74. The highest BCUT2D eigenvalue weighted by Gasteiger charge is 2.28. The lowest BCUT2D eigenvalue weighted by Crippen LogP contribution is -2.51. The Balaban J connectivity index is 1.45. The third-order valence-corrected chi connectivity index (χ3v) is 4.71. The molecule has 29 heavy (non-hydrogen) atoms. The fraction of sp³-hybridized carbons (Fsp3) is 0.286. The molecule has 3 rings (SSSR count). The second-order valence-electron chi connectivity index (χ2n) is 6.92. The van der Waals surface area contributed by atoms with Crippen LogP contribution in [0.5, 0.6) is 0 Å². The van der Waals surface area contributed by atoms with Crippen LogP contribution in [0.1, 0.15) is 18.4 Å². The van der Waals surface area contributed by atoms with E-state index in [-0.39, 0.29) is 30.7 Å². The first-order valence-corrected chi connectivity index (χ1v) is 9.45. The summed E-state index contributed by atoms with van der Waals surface area (Å²) in [4.78, 5) is 38.4. The van der Waals surface area contributed by atoms with Crippen molar-refractivity contribution >= 4 is 23.5 Å². The topological polar surface area (TPSA) is 90.5 Å². The Morgan fingerprint density at radius 3 is 2.45 bits per heavy atom. The number of urea groups is 1. The SMILES string of the molecule is O=C(Cc1ccc(F)cc1)NNC(=O)[C@@H]1CCCN(C(=O)Nc2ccccc2)C1. The molecule has 152 valence electrons. The van der Waals surface area contributed by atoms with E-state index in [0.717, 1.165) is 0 Å². The Bertz CT molecular complexity index is 858. The zero-order valence-corrected chi connectivity index (χ0v) is 15.9. The first kappa shape index (κ1) is 20.3. The van der Waals surface area contributed by atoms with Gasteiger partial charge in [-0.3, -0.25) is 20.4 Å². The maximum atomic E-state index is 12.9. The molecular formula is C21H23FN4O3. The van der Waals surface area contributed by atoms with Gasteiger partial charge in [-0.05, 0) is 42.7 Å². The number of hydrazine groups is 1. The minimum Gasteiger partial charge on any atom is -0.324 e. The molecule has 0 aliphatic carbocycles. The zero-order chi connectivity index (χ0) is 20.6. The summed E-state index contributed by atoms with van der Waals surface area (Å²) >= 11 is 0. The molecule has 0 saturated carbocycles. The van der Waals surface area contributed by atoms with Crippen LogP contribution < -0.4 is 16.2 Å². The number of nitrogens with one attached hydrogen (secondary N) is 3. The van der Waals surface area contributed by atoms with Gasteiger partial charge in [0.25, 0.3) is 0 Å². The number of amides is 4. The molecule has 0 radical (unpaired) electrons. The molecule has 1 aliphatic heterocycles. The molecule has 1 heterocycles. The Morgan fingerprint density at radius 1 is 1.00 bits per heavy atom. The summed E-state index contributed by atoms with van der Waals surface area (Å²) < 4.78 is 12.9. The van der Waals surface area contributed by atoms with Crippen LogP contribution in [-0.2, 0) is 16.0 Å². The summed E-state index contributed by atoms with van der Waals surface area (Å²) in [6, 6.07) is 14.4. The molecule has 0 spiro atoms. The van der Waals surface area contributed by atoms with Crippen LogP contribution in [0.2, 0.25) is 0 Å². The molecule has 0 bridgehead atoms. The van der Waals surface area contributed by atoms with Gasteiger partial charge < -0.3 is 10.2 Å². The fourth-order valence-corrected chi connectivity index (χ4v) is 3.16. The van der Waals surface area contributed by atoms with Crippen molar-refractivity contribution in [3.05, 3.63) is 66.0 Å². The fourth-order valence-electron chi connectivity index (χ4n) is 3.16. The number of likely N-dealkylation sites (tertiary alicyclic amines) is 1. The van der Waals surface area contributed by atoms with Gasteiger partial charge in [0.2, 0.25) is 11.8 Å². The third-order valence-electron chi connectivity index (χ3n) is 4.71. The number of hydrogen-bond donors (Lipinski definition) is 3. The van der Waals surface area contributed by atoms with Crippen molar-refractivity contribution in [2.45, 2.75) is 19.3 Å². The summed E-state index contributed by atoms with van der Waals surface area (Å²) in [5, 5.41) is 2.81. The number of nitrogens with zero attached hydrogens (tertiary/aromatic N) is 1. The number of anilines is 1. The summed E-state index contributed by atoms with van der Waals surface area (Å²) in [6.07, 6.45) is 1.36. The van der Waals surface area contributed by atoms with Crippen LogP contribution in [0.25, 0.3) is 0 Å². The largest absolute Gasteiger partial charge is 0.324 e. The van der Waals surface area contributed by atoms with Crippen LogP contribution in [0.4, 0.5) is 14.9 Å². The number of piperidine rings is 1. The Labute approximate surface area is 168 Å². The maximum absolute atomic E-state index is 12.9. The first-order chi connectivity index (χ1) is 14.0. The van der Waals surface area contributed by atoms with Gasteiger partial charge >= 0.3 is 6.03 Å². The minimum absolute atomic E-state index is 0.0246. The van der Waals surface area contributed by atoms with E-state index in [2.05, 4.69) is 16.2 Å². The number of benzene rings is 2. The van der Waals surface area contributed by atoms with Crippen molar-refractivity contribution in [2.24, 2.45) is 5.92 Å². The molecule has 0 unspecified atom stereocenters. The van der Waals surface area contributed by atoms with Crippen molar-refractivity contribution in [2.75, 3.05) is 18.4 Å². The van der Waals surface area contributed by atoms with Crippen LogP contribution >= 0.6 is 0 Å². The Hall–Kier alpha value is -3.42. The second kappa shape index (κ2) is 9.68. The van der Waals surface area contributed by atoms with Crippen molar-refractivity contribution in [3.8, 4) is 0 Å². The van der Waals surface area contributed by atoms with E-state index in [1.54, 1.807) is 17.0 Å². The quantitative estimate of drug-likeness (QED) is 0.691. The highest BCUT2D eigenvalue weighted by Crippen LogP contribution is 2.18. The number of carbonyl (C=O) groups excluding carboxylic acids is 3. The highest BCUT2D eigenvalue weighted by atomic mass is 19.1. The molecule has 0 aromatic heterocycles. The predicted molar refractivity (Wildman–Crippen MR) is 106 cm³/mol. The molecule has 1 atom stereocenters. The van der Waals surface area contributed by atoms with Crippen LogP contribution in [0.3, 0.4) is 0 Å². The monoisotopic (exact) mass is 398 g/mol. The average molecular weight is 398 g/mol. The van der Waals surface area contributed by atoms with Gasteiger partial charge in [0.1, 0.15) is 5.82 Å². The lowest BCUT2D eigenvalue weighted by atomic mass is 9.98. The number of rotatable bonds is 4. The summed E-state index contributed by atoms with van der Waals surface area (Å²) in [6.45, 7) is 0.845. The van der Waals surface area contributed by atoms with E-state index in [9.17, 15) is 18.8 Å². The minimum atomic E-state index is -0.406. The molecule has 2 aromatic rings. The molecule has 1 aliphatic rings. The summed E-state index contributed by atoms with van der Waals surface area (Å²) in [5.74, 6) is -1.52. The maximum Gasteiger partial charge on any atom is 0.321 e. The van der Waals surface area contributed by atoms with Crippen molar-refractivity contribution < 1.29 is 18.8 Å². The van der Waals surface area contributed by atoms with Crippen LogP contribution in [0.15, 0.2) is 54.6 Å². The second-order valence-corrected chi connectivity index (χ2v) is 6.92. The van der Waals surface area contributed by atoms with Crippen molar-refractivity contribution in [1.82, 2.24) is 15.8 Å². The lowest BCUT2D eigenvalue weighted by Gasteiger charge is -2.32. The van der Waals surface area contributed by atoms with Gasteiger partial charge in [0.15, 0.2) is 0 Å². The molecule has 2 aromatic carbocycles. The Kier molecular flexibility index (Phi) is 6.78. The van der Waals surface area contributed by atoms with Crippen molar-refractivity contribution in [1.29, 1.82) is 0 Å². The number of halogens is 1. The van der Waals surface area contributed by atoms with E-state index in [0.29, 0.717) is 30.6 Å². The van der Waals surface area contributed by atoms with E-state index < -0.39 is 11.8 Å². The molecule has 7 nitrogen and oxygen atoms in total. The molecule has 8 heteroatoms. The van der Waals surface area contributed by atoms with Gasteiger partial charge in [0, 0.05) is 18.8 Å². The molecule has 1 saturated heterocycles. The van der Waals surface area contributed by atoms with E-state index in [1.165, 1.54) is 24.3 Å². The van der Waals surface area contributed by atoms with E-state index in [4.69, 9.17) is 0 Å². The molecule has 4 amide bonds. The normalized spacial score (nSPS) is 16.0. The molecule has 1 fully saturated rings. The first-order valence-electron chi connectivity index (χ1n) is 9.45. The molecular weight excluding hydrogens is 375 g/mol. The number of hydrogen-bond acceptors (Lipinski definition) is 3. The molecule has 3 N–H and O–H groups in total. The standard InChI is InChI=1S/C21H23FN4O3/c22-17-10-8-15(9-11-17)13-19(27)24-25-20(28)16-5-4-12-26(14-16)21(29)23-18-6-2-1-3-7-18/h1-3,6-11,16H,4-5,12-14H2,(H,23,29)(H,24,27)(H,25,28)/t16-/m1/s1. The smallest absolute Gasteiger partial charge is 0.321 e. The van der Waals surface area contributed by atoms with Gasteiger partial charge in [-0.1, -0.05) is 30.3 Å². The number of carbonyl (C=O) groups is 3. The number of para-hydroxylation sites is 1. The predicted octanol–water partition coefficient (Wildman–Crippen LogP) is 2.46. The van der Waals surface area contributed by atoms with Crippen LogP contribution in [-0.4, -0.2) is 35.8 Å². The van der Waals surface area contributed by atoms with Gasteiger partial charge in [-0.15, -0.1) is 0 Å². The van der Waals surface area contributed by atoms with E-state index >= 15 is 0 Å². The van der Waals surface area contributed by atoms with Gasteiger partial charge in [0.05, 0.1) is 12.3 Å². The summed E-state index contributed by atoms with van der Waals surface area (Å²) in [5.41, 5.74) is 6.13. The zero-order valence-electron chi connectivity index (χ0n) is 15.9. The summed E-state index contributed by atoms with van der Waals surface area (Å²) in [7, 11) is 0. The van der Waals surface area contributed by atoms with Gasteiger partial charge in [-0.25, -0.2) is 9.18 Å². The highest BCUT2D eigenvalue weighted by molar-refractivity contribution is 5.90. The van der Waals surface area contributed by atoms with Crippen LogP contribution in [0, 0.1) is 11.7 Å². The van der Waals surface area contributed by atoms with E-state index in [1.807, 2.05) is 18.2 Å². The lowest BCUT2D eigenvalue weighted by molar-refractivity contribution is -0.131. The Morgan fingerprint density at radius 2 is 1.72 bits per heavy atom. The van der Waals surface area contributed by atoms with Gasteiger partial charge in [-0.2, -0.15) is 0 Å².